The summed E-state index contributed by atoms with van der Waals surface area (Å²) in [7, 11) is 1.51. The summed E-state index contributed by atoms with van der Waals surface area (Å²) in [6.07, 6.45) is 0. The lowest BCUT2D eigenvalue weighted by Gasteiger charge is -2.15. The van der Waals surface area contributed by atoms with Crippen LogP contribution in [0, 0.1) is 6.57 Å². The fraction of sp³-hybridized carbons (Fsp3) is 0.0357. The molecule has 0 spiro atoms. The number of imide groups is 1. The summed E-state index contributed by atoms with van der Waals surface area (Å²) < 4.78 is 2.06. The van der Waals surface area contributed by atoms with Gasteiger partial charge in [0.1, 0.15) is 0 Å². The molecule has 6 rings (SSSR count). The van der Waals surface area contributed by atoms with Crippen molar-refractivity contribution in [3.8, 4) is 16.8 Å². The molecule has 5 aromatic rings. The third-order valence-corrected chi connectivity index (χ3v) is 6.35. The molecule has 0 N–H and O–H groups in total. The Hall–Kier alpha value is -4.69. The highest BCUT2D eigenvalue weighted by molar-refractivity contribution is 6.24. The summed E-state index contributed by atoms with van der Waals surface area (Å²) in [6, 6.07) is 27.0. The number of carbonyl (C=O) groups is 2. The molecule has 0 radical (unpaired) electrons. The highest BCUT2D eigenvalue weighted by Crippen LogP contribution is 2.42. The zero-order valence-electron chi connectivity index (χ0n) is 17.7. The smallest absolute Gasteiger partial charge is 0.263 e. The highest BCUT2D eigenvalue weighted by atomic mass is 16.2. The van der Waals surface area contributed by atoms with Crippen LogP contribution in [0.15, 0.2) is 84.9 Å². The molecule has 0 aliphatic carbocycles. The van der Waals surface area contributed by atoms with E-state index < -0.39 is 0 Å². The van der Waals surface area contributed by atoms with E-state index in [9.17, 15) is 9.59 Å². The lowest BCUT2D eigenvalue weighted by molar-refractivity contribution is 0.0693. The van der Waals surface area contributed by atoms with E-state index in [2.05, 4.69) is 21.5 Å². The SMILES string of the molecule is [C-]#[N+]c1ccccc1-c1cccc2c3ccccc3n(-c3cccc4c3C(=O)N(C)C4=O)c12. The predicted molar refractivity (Wildman–Crippen MR) is 129 cm³/mol. The summed E-state index contributed by atoms with van der Waals surface area (Å²) in [4.78, 5) is 30.7. The summed E-state index contributed by atoms with van der Waals surface area (Å²) >= 11 is 0. The molecule has 2 amide bonds. The van der Waals surface area contributed by atoms with E-state index in [0.29, 0.717) is 22.5 Å². The standard InChI is InChI=1S/C28H17N3O2/c1-29-22-14-5-3-9-17(22)19-11-7-12-20-18-10-4-6-15-23(18)31(26(19)20)24-16-8-13-21-25(24)28(33)30(2)27(21)32/h3-16H,2H3. The molecular weight excluding hydrogens is 410 g/mol. The Balaban J connectivity index is 1.81. The molecule has 1 aliphatic heterocycles. The van der Waals surface area contributed by atoms with Crippen molar-refractivity contribution in [2.75, 3.05) is 7.05 Å². The minimum absolute atomic E-state index is 0.295. The average molecular weight is 427 g/mol. The molecule has 0 fully saturated rings. The van der Waals surface area contributed by atoms with E-state index in [4.69, 9.17) is 6.57 Å². The first-order valence-corrected chi connectivity index (χ1v) is 10.6. The van der Waals surface area contributed by atoms with E-state index >= 15 is 0 Å². The van der Waals surface area contributed by atoms with Crippen LogP contribution >= 0.6 is 0 Å². The van der Waals surface area contributed by atoms with Crippen molar-refractivity contribution in [3.63, 3.8) is 0 Å². The Morgan fingerprint density at radius 1 is 0.697 bits per heavy atom. The van der Waals surface area contributed by atoms with Crippen molar-refractivity contribution in [1.29, 1.82) is 0 Å². The Kier molecular flexibility index (Phi) is 3.98. The first-order chi connectivity index (χ1) is 16.1. The van der Waals surface area contributed by atoms with Gasteiger partial charge in [0.05, 0.1) is 34.4 Å². The molecule has 1 aromatic heterocycles. The van der Waals surface area contributed by atoms with Gasteiger partial charge in [-0.2, -0.15) is 0 Å². The maximum atomic E-state index is 13.1. The minimum Gasteiger partial charge on any atom is -0.308 e. The van der Waals surface area contributed by atoms with E-state index in [1.54, 1.807) is 6.07 Å². The van der Waals surface area contributed by atoms with Crippen molar-refractivity contribution in [1.82, 2.24) is 9.47 Å². The monoisotopic (exact) mass is 427 g/mol. The second-order valence-corrected chi connectivity index (χ2v) is 8.05. The van der Waals surface area contributed by atoms with Gasteiger partial charge in [0.25, 0.3) is 11.8 Å². The first kappa shape index (κ1) is 19.0. The molecule has 5 nitrogen and oxygen atoms in total. The van der Waals surface area contributed by atoms with Gasteiger partial charge in [-0.05, 0) is 29.3 Å². The van der Waals surface area contributed by atoms with Crippen LogP contribution in [0.5, 0.6) is 0 Å². The van der Waals surface area contributed by atoms with Gasteiger partial charge >= 0.3 is 0 Å². The number of nitrogens with zero attached hydrogens (tertiary/aromatic N) is 3. The number of rotatable bonds is 2. The number of amides is 2. The minimum atomic E-state index is -0.310. The number of fused-ring (bicyclic) bond motifs is 4. The maximum absolute atomic E-state index is 13.1. The normalized spacial score (nSPS) is 13.0. The molecule has 4 aromatic carbocycles. The van der Waals surface area contributed by atoms with E-state index in [1.807, 2.05) is 66.7 Å². The third kappa shape index (κ3) is 2.52. The van der Waals surface area contributed by atoms with Gasteiger partial charge in [-0.25, -0.2) is 4.85 Å². The fourth-order valence-electron chi connectivity index (χ4n) is 4.86. The Labute approximate surface area is 189 Å². The number of benzene rings is 4. The molecular formula is C28H17N3O2. The molecule has 33 heavy (non-hydrogen) atoms. The van der Waals surface area contributed by atoms with Crippen molar-refractivity contribution in [3.05, 3.63) is 107 Å². The second-order valence-electron chi connectivity index (χ2n) is 8.05. The van der Waals surface area contributed by atoms with Crippen LogP contribution in [0.4, 0.5) is 5.69 Å². The van der Waals surface area contributed by atoms with Crippen molar-refractivity contribution < 1.29 is 9.59 Å². The highest BCUT2D eigenvalue weighted by Gasteiger charge is 2.36. The molecule has 0 bridgehead atoms. The summed E-state index contributed by atoms with van der Waals surface area (Å²) in [5, 5.41) is 2.06. The third-order valence-electron chi connectivity index (χ3n) is 6.35. The lowest BCUT2D eigenvalue weighted by Crippen LogP contribution is -2.24. The zero-order valence-corrected chi connectivity index (χ0v) is 17.7. The van der Waals surface area contributed by atoms with Crippen LogP contribution in [0.1, 0.15) is 20.7 Å². The summed E-state index contributed by atoms with van der Waals surface area (Å²) in [5.74, 6) is -0.605. The predicted octanol–water partition coefficient (Wildman–Crippen LogP) is 6.23. The second kappa shape index (κ2) is 6.91. The summed E-state index contributed by atoms with van der Waals surface area (Å²) in [6.45, 7) is 7.67. The van der Waals surface area contributed by atoms with Gasteiger partial charge < -0.3 is 4.57 Å². The fourth-order valence-corrected chi connectivity index (χ4v) is 4.86. The van der Waals surface area contributed by atoms with Gasteiger partial charge in [0.2, 0.25) is 0 Å². The summed E-state index contributed by atoms with van der Waals surface area (Å²) in [5.41, 5.74) is 5.60. The van der Waals surface area contributed by atoms with Crippen LogP contribution in [-0.4, -0.2) is 28.3 Å². The number of carbonyl (C=O) groups excluding carboxylic acids is 2. The van der Waals surface area contributed by atoms with Crippen molar-refractivity contribution >= 4 is 39.3 Å². The van der Waals surface area contributed by atoms with Crippen molar-refractivity contribution in [2.45, 2.75) is 0 Å². The van der Waals surface area contributed by atoms with E-state index in [-0.39, 0.29) is 11.8 Å². The van der Waals surface area contributed by atoms with E-state index in [1.165, 1.54) is 7.05 Å². The largest absolute Gasteiger partial charge is 0.308 e. The average Bonchev–Trinajstić information content (AvgIpc) is 3.31. The van der Waals surface area contributed by atoms with E-state index in [0.717, 1.165) is 37.8 Å². The van der Waals surface area contributed by atoms with Gasteiger partial charge in [-0.1, -0.05) is 66.7 Å². The van der Waals surface area contributed by atoms with Crippen LogP contribution in [-0.2, 0) is 0 Å². The molecule has 1 aliphatic rings. The first-order valence-electron chi connectivity index (χ1n) is 10.6. The van der Waals surface area contributed by atoms with Gasteiger partial charge in [-0.3, -0.25) is 14.5 Å². The van der Waals surface area contributed by atoms with Gasteiger partial charge in [-0.15, -0.1) is 0 Å². The lowest BCUT2D eigenvalue weighted by atomic mass is 10.00. The molecule has 0 atom stereocenters. The molecule has 2 heterocycles. The van der Waals surface area contributed by atoms with Gasteiger partial charge in [0.15, 0.2) is 5.69 Å². The van der Waals surface area contributed by atoms with Crippen molar-refractivity contribution in [2.24, 2.45) is 0 Å². The number of hydrogen-bond acceptors (Lipinski definition) is 2. The molecule has 0 saturated heterocycles. The van der Waals surface area contributed by atoms with Crippen LogP contribution in [0.3, 0.4) is 0 Å². The maximum Gasteiger partial charge on any atom is 0.263 e. The van der Waals surface area contributed by atoms with Gasteiger partial charge in [0, 0.05) is 17.8 Å². The Bertz CT molecular complexity index is 1690. The molecule has 0 saturated carbocycles. The van der Waals surface area contributed by atoms with Crippen LogP contribution < -0.4 is 0 Å². The molecule has 5 heteroatoms. The molecule has 156 valence electrons. The molecule has 0 unspecified atom stereocenters. The topological polar surface area (TPSA) is 46.7 Å². The number of aromatic nitrogens is 1. The van der Waals surface area contributed by atoms with Crippen LogP contribution in [0.25, 0.3) is 43.5 Å². The Morgan fingerprint density at radius 3 is 2.21 bits per heavy atom. The van der Waals surface area contributed by atoms with Crippen LogP contribution in [0.2, 0.25) is 0 Å². The number of hydrogen-bond donors (Lipinski definition) is 0. The number of para-hydroxylation sites is 3. The quantitative estimate of drug-likeness (QED) is 0.248. The zero-order chi connectivity index (χ0) is 22.7. The Morgan fingerprint density at radius 2 is 1.36 bits per heavy atom.